The molecule has 0 atom stereocenters. The van der Waals surface area contributed by atoms with Gasteiger partial charge in [-0.3, -0.25) is 9.78 Å². The Bertz CT molecular complexity index is 1230. The van der Waals surface area contributed by atoms with Crippen LogP contribution in [0.4, 0.5) is 0 Å². The average Bonchev–Trinajstić information content (AvgIpc) is 3.03. The zero-order valence-corrected chi connectivity index (χ0v) is 21.2. The van der Waals surface area contributed by atoms with Crippen molar-refractivity contribution in [1.29, 1.82) is 0 Å². The first kappa shape index (κ1) is 25.3. The normalized spacial score (nSPS) is 10.8. The van der Waals surface area contributed by atoms with Crippen LogP contribution in [0.1, 0.15) is 30.5 Å². The second kappa shape index (κ2) is 11.0. The first-order valence-electron chi connectivity index (χ1n) is 10.1. The van der Waals surface area contributed by atoms with Gasteiger partial charge in [0.1, 0.15) is 11.3 Å². The average molecular weight is 605 g/mol. The molecule has 2 heterocycles. The molecule has 0 spiro atoms. The number of allylic oxidation sites excluding steroid dienone is 2. The summed E-state index contributed by atoms with van der Waals surface area (Å²) in [5.41, 5.74) is 8.18. The van der Waals surface area contributed by atoms with Crippen LogP contribution < -0.4 is 0 Å². The number of fused-ring (bicyclic) bond motifs is 1. The zero-order chi connectivity index (χ0) is 22.5. The number of furan rings is 1. The summed E-state index contributed by atoms with van der Waals surface area (Å²) in [5.74, 6) is 0.826. The topological polar surface area (TPSA) is 63.3 Å². The van der Waals surface area contributed by atoms with Gasteiger partial charge in [-0.15, -0.1) is 34.9 Å². The van der Waals surface area contributed by atoms with Crippen LogP contribution in [-0.2, 0) is 24.9 Å². The van der Waals surface area contributed by atoms with Crippen molar-refractivity contribution >= 4 is 16.9 Å². The number of hydrogen-bond acceptors (Lipinski definition) is 4. The SMILES string of the molecule is CC(=O)/C=C(/C)O.Cc1[c-]c(-c2ccc3oc(-c4ccccc4)c(C)c3n2)cc(C)c1.[Ir]. The molecule has 2 aromatic heterocycles. The molecule has 4 aromatic rings. The van der Waals surface area contributed by atoms with Gasteiger partial charge in [-0.2, -0.15) is 0 Å². The Hall–Kier alpha value is -3.01. The van der Waals surface area contributed by atoms with E-state index in [0.29, 0.717) is 0 Å². The number of hydrogen-bond donors (Lipinski definition) is 1. The monoisotopic (exact) mass is 605 g/mol. The number of carbonyl (C=O) groups is 1. The Kier molecular flexibility index (Phi) is 8.71. The maximum absolute atomic E-state index is 10.0. The molecule has 0 aliphatic carbocycles. The third-order valence-electron chi connectivity index (χ3n) is 4.64. The van der Waals surface area contributed by atoms with Crippen molar-refractivity contribution in [1.82, 2.24) is 4.98 Å². The molecule has 0 aliphatic rings. The third kappa shape index (κ3) is 6.25. The molecule has 0 amide bonds. The van der Waals surface area contributed by atoms with E-state index in [1.165, 1.54) is 25.5 Å². The standard InChI is InChI=1S/C22H18NO.C5H8O2.Ir/c1-14-11-15(2)13-18(12-14)19-9-10-20-21(23-19)16(3)22(24-20)17-7-5-4-6-8-17;1-4(6)3-5(2)7;/h4-12H,1-3H3;3,6H,1-2H3;/q-1;;/b;4-3-;. The van der Waals surface area contributed by atoms with E-state index in [0.717, 1.165) is 44.8 Å². The summed E-state index contributed by atoms with van der Waals surface area (Å²) in [6.45, 7) is 9.07. The number of carbonyl (C=O) groups excluding carboxylic acids is 1. The third-order valence-corrected chi connectivity index (χ3v) is 4.64. The van der Waals surface area contributed by atoms with Crippen LogP contribution in [0.5, 0.6) is 0 Å². The number of aliphatic hydroxyl groups is 1. The molecule has 167 valence electrons. The van der Waals surface area contributed by atoms with Crippen LogP contribution in [0, 0.1) is 26.8 Å². The summed E-state index contributed by atoms with van der Waals surface area (Å²) in [4.78, 5) is 14.9. The van der Waals surface area contributed by atoms with Crippen molar-refractivity contribution in [3.63, 3.8) is 0 Å². The first-order chi connectivity index (χ1) is 14.7. The van der Waals surface area contributed by atoms with Gasteiger partial charge < -0.3 is 9.52 Å². The zero-order valence-electron chi connectivity index (χ0n) is 18.8. The van der Waals surface area contributed by atoms with Crippen molar-refractivity contribution < 1.29 is 34.4 Å². The Balaban J connectivity index is 0.000000398. The Morgan fingerprint density at radius 1 is 1.03 bits per heavy atom. The van der Waals surface area contributed by atoms with Gasteiger partial charge in [-0.25, -0.2) is 0 Å². The van der Waals surface area contributed by atoms with E-state index in [1.807, 2.05) is 30.3 Å². The van der Waals surface area contributed by atoms with Crippen LogP contribution in [0.15, 0.2) is 70.8 Å². The summed E-state index contributed by atoms with van der Waals surface area (Å²) >= 11 is 0. The Labute approximate surface area is 202 Å². The van der Waals surface area contributed by atoms with Gasteiger partial charge in [-0.05, 0) is 32.5 Å². The van der Waals surface area contributed by atoms with Gasteiger partial charge in [0.25, 0.3) is 0 Å². The minimum absolute atomic E-state index is 0. The van der Waals surface area contributed by atoms with E-state index in [2.05, 4.69) is 51.1 Å². The fourth-order valence-corrected chi connectivity index (χ4v) is 3.43. The van der Waals surface area contributed by atoms with E-state index >= 15 is 0 Å². The van der Waals surface area contributed by atoms with E-state index < -0.39 is 0 Å². The molecule has 0 unspecified atom stereocenters. The maximum Gasteiger partial charge on any atom is 0.155 e. The second-order valence-electron chi connectivity index (χ2n) is 7.62. The van der Waals surface area contributed by atoms with Crippen molar-refractivity contribution in [2.75, 3.05) is 0 Å². The Morgan fingerprint density at radius 3 is 2.28 bits per heavy atom. The van der Waals surface area contributed by atoms with Gasteiger partial charge in [0, 0.05) is 37.3 Å². The fraction of sp³-hybridized carbons (Fsp3) is 0.185. The van der Waals surface area contributed by atoms with Gasteiger partial charge in [-0.1, -0.05) is 50.2 Å². The predicted molar refractivity (Wildman–Crippen MR) is 125 cm³/mol. The first-order valence-corrected chi connectivity index (χ1v) is 10.1. The van der Waals surface area contributed by atoms with E-state index in [9.17, 15) is 4.79 Å². The van der Waals surface area contributed by atoms with E-state index in [1.54, 1.807) is 0 Å². The van der Waals surface area contributed by atoms with E-state index in [-0.39, 0.29) is 31.6 Å². The van der Waals surface area contributed by atoms with Crippen LogP contribution in [-0.4, -0.2) is 15.9 Å². The summed E-state index contributed by atoms with van der Waals surface area (Å²) in [6.07, 6.45) is 1.17. The number of ketones is 1. The second-order valence-corrected chi connectivity index (χ2v) is 7.62. The Morgan fingerprint density at radius 2 is 1.72 bits per heavy atom. The summed E-state index contributed by atoms with van der Waals surface area (Å²) < 4.78 is 6.05. The van der Waals surface area contributed by atoms with Gasteiger partial charge >= 0.3 is 0 Å². The maximum atomic E-state index is 10.0. The minimum atomic E-state index is -0.125. The summed E-state index contributed by atoms with van der Waals surface area (Å²) in [7, 11) is 0. The predicted octanol–water partition coefficient (Wildman–Crippen LogP) is 6.92. The molecule has 4 rings (SSSR count). The molecule has 0 saturated heterocycles. The van der Waals surface area contributed by atoms with Crippen LogP contribution >= 0.6 is 0 Å². The fourth-order valence-electron chi connectivity index (χ4n) is 3.43. The molecule has 2 aromatic carbocycles. The minimum Gasteiger partial charge on any atom is -0.512 e. The number of rotatable bonds is 3. The quantitative estimate of drug-likeness (QED) is 0.157. The van der Waals surface area contributed by atoms with Crippen molar-refractivity contribution in [2.24, 2.45) is 0 Å². The molecule has 4 nitrogen and oxygen atoms in total. The molecule has 5 heteroatoms. The molecule has 1 radical (unpaired) electrons. The van der Waals surface area contributed by atoms with Gasteiger partial charge in [0.15, 0.2) is 11.4 Å². The van der Waals surface area contributed by atoms with E-state index in [4.69, 9.17) is 14.5 Å². The molecule has 0 fully saturated rings. The molecular formula is C27H26IrNO3-. The number of nitrogens with zero attached hydrogens (tertiary/aromatic N) is 1. The summed E-state index contributed by atoms with van der Waals surface area (Å²) in [6, 6.07) is 21.8. The number of aryl methyl sites for hydroxylation is 3. The summed E-state index contributed by atoms with van der Waals surface area (Å²) in [5, 5.41) is 8.36. The molecule has 0 bridgehead atoms. The smallest absolute Gasteiger partial charge is 0.155 e. The van der Waals surface area contributed by atoms with Gasteiger partial charge in [0.2, 0.25) is 0 Å². The molecule has 1 N–H and O–H groups in total. The molecule has 0 aliphatic heterocycles. The van der Waals surface area contributed by atoms with Crippen LogP contribution in [0.3, 0.4) is 0 Å². The van der Waals surface area contributed by atoms with Crippen LogP contribution in [0.25, 0.3) is 33.7 Å². The molecular weight excluding hydrogens is 579 g/mol. The number of benzene rings is 2. The number of aliphatic hydroxyl groups excluding tert-OH is 1. The van der Waals surface area contributed by atoms with Crippen molar-refractivity contribution in [3.8, 4) is 22.6 Å². The van der Waals surface area contributed by atoms with Crippen molar-refractivity contribution in [3.05, 3.63) is 89.2 Å². The number of pyridine rings is 1. The molecule has 0 saturated carbocycles. The van der Waals surface area contributed by atoms with Crippen molar-refractivity contribution in [2.45, 2.75) is 34.6 Å². The van der Waals surface area contributed by atoms with Crippen LogP contribution in [0.2, 0.25) is 0 Å². The molecule has 32 heavy (non-hydrogen) atoms. The number of aromatic nitrogens is 1. The largest absolute Gasteiger partial charge is 0.512 e. The van der Waals surface area contributed by atoms with Gasteiger partial charge in [0.05, 0.1) is 5.76 Å².